The highest BCUT2D eigenvalue weighted by Gasteiger charge is 2.20. The van der Waals surface area contributed by atoms with Gasteiger partial charge in [0.05, 0.1) is 7.11 Å². The molecule has 0 fully saturated rings. The summed E-state index contributed by atoms with van der Waals surface area (Å²) in [6, 6.07) is 4.25. The minimum Gasteiger partial charge on any atom is -0.496 e. The first-order valence-corrected chi connectivity index (χ1v) is 5.42. The molecule has 2 N–H and O–H groups in total. The lowest BCUT2D eigenvalue weighted by molar-refractivity contribution is 0.334. The van der Waals surface area contributed by atoms with Gasteiger partial charge in [0, 0.05) is 11.6 Å². The highest BCUT2D eigenvalue weighted by molar-refractivity contribution is 5.36. The van der Waals surface area contributed by atoms with Crippen LogP contribution in [0.2, 0.25) is 0 Å². The summed E-state index contributed by atoms with van der Waals surface area (Å²) in [7, 11) is 1.57. The lowest BCUT2D eigenvalue weighted by atomic mass is 9.85. The number of halogens is 1. The van der Waals surface area contributed by atoms with Gasteiger partial charge in [0.25, 0.3) is 0 Å². The molecule has 0 aliphatic carbocycles. The summed E-state index contributed by atoms with van der Waals surface area (Å²) in [6.45, 7) is 6.33. The number of ether oxygens (including phenoxy) is 1. The molecule has 2 nitrogen and oxygen atoms in total. The van der Waals surface area contributed by atoms with Crippen molar-refractivity contribution in [3.05, 3.63) is 29.6 Å². The van der Waals surface area contributed by atoms with E-state index in [0.29, 0.717) is 5.75 Å². The molecular formula is C13H20FNO. The Labute approximate surface area is 96.6 Å². The number of rotatable bonds is 3. The normalized spacial score (nSPS) is 13.6. The van der Waals surface area contributed by atoms with Crippen LogP contribution < -0.4 is 10.5 Å². The molecule has 0 amide bonds. The number of nitrogens with two attached hydrogens (primary N) is 1. The smallest absolute Gasteiger partial charge is 0.123 e. The van der Waals surface area contributed by atoms with Gasteiger partial charge in [0.1, 0.15) is 11.6 Å². The fraction of sp³-hybridized carbons (Fsp3) is 0.538. The molecule has 1 aromatic rings. The summed E-state index contributed by atoms with van der Waals surface area (Å²) in [6.07, 6.45) is 0.785. The topological polar surface area (TPSA) is 35.2 Å². The highest BCUT2D eigenvalue weighted by atomic mass is 19.1. The predicted octanol–water partition coefficient (Wildman–Crippen LogP) is 3.27. The van der Waals surface area contributed by atoms with E-state index in [4.69, 9.17) is 10.5 Å². The maximum atomic E-state index is 13.2. The van der Waals surface area contributed by atoms with Gasteiger partial charge in [-0.25, -0.2) is 4.39 Å². The summed E-state index contributed by atoms with van der Waals surface area (Å²) in [5, 5.41) is 0. The summed E-state index contributed by atoms with van der Waals surface area (Å²) < 4.78 is 18.4. The minimum absolute atomic E-state index is 0.108. The van der Waals surface area contributed by atoms with Crippen LogP contribution in [0.5, 0.6) is 5.75 Å². The largest absolute Gasteiger partial charge is 0.496 e. The molecule has 0 aliphatic heterocycles. The number of hydrogen-bond acceptors (Lipinski definition) is 2. The standard InChI is InChI=1S/C13H20FNO/c1-13(2,3)8-11(15)10-7-9(14)5-6-12(10)16-4/h5-7,11H,8,15H2,1-4H3. The highest BCUT2D eigenvalue weighted by Crippen LogP contribution is 2.32. The molecule has 0 saturated carbocycles. The van der Waals surface area contributed by atoms with E-state index in [2.05, 4.69) is 20.8 Å². The van der Waals surface area contributed by atoms with Gasteiger partial charge in [-0.3, -0.25) is 0 Å². The Bertz CT molecular complexity index is 357. The van der Waals surface area contributed by atoms with Crippen LogP contribution >= 0.6 is 0 Å². The van der Waals surface area contributed by atoms with Crippen LogP contribution in [0, 0.1) is 11.2 Å². The van der Waals surface area contributed by atoms with E-state index in [1.54, 1.807) is 13.2 Å². The second-order valence-electron chi connectivity index (χ2n) is 5.26. The minimum atomic E-state index is -0.278. The maximum absolute atomic E-state index is 13.2. The Balaban J connectivity index is 2.97. The molecule has 1 atom stereocenters. The van der Waals surface area contributed by atoms with Crippen molar-refractivity contribution >= 4 is 0 Å². The molecule has 0 aromatic heterocycles. The van der Waals surface area contributed by atoms with Gasteiger partial charge in [0.15, 0.2) is 0 Å². The first kappa shape index (κ1) is 13.0. The second-order valence-corrected chi connectivity index (χ2v) is 5.26. The second kappa shape index (κ2) is 4.83. The fourth-order valence-electron chi connectivity index (χ4n) is 1.76. The lowest BCUT2D eigenvalue weighted by Gasteiger charge is -2.24. The summed E-state index contributed by atoms with van der Waals surface area (Å²) in [4.78, 5) is 0. The van der Waals surface area contributed by atoms with Crippen molar-refractivity contribution in [3.63, 3.8) is 0 Å². The van der Waals surface area contributed by atoms with Crippen molar-refractivity contribution in [1.82, 2.24) is 0 Å². The Kier molecular flexibility index (Phi) is 3.92. The fourth-order valence-corrected chi connectivity index (χ4v) is 1.76. The van der Waals surface area contributed by atoms with Crippen LogP contribution in [0.15, 0.2) is 18.2 Å². The third-order valence-electron chi connectivity index (χ3n) is 2.42. The lowest BCUT2D eigenvalue weighted by Crippen LogP contribution is -2.19. The SMILES string of the molecule is COc1ccc(F)cc1C(N)CC(C)(C)C. The van der Waals surface area contributed by atoms with Crippen LogP contribution in [-0.2, 0) is 0 Å². The molecule has 90 valence electrons. The van der Waals surface area contributed by atoms with Gasteiger partial charge in [-0.05, 0) is 30.0 Å². The monoisotopic (exact) mass is 225 g/mol. The van der Waals surface area contributed by atoms with Gasteiger partial charge >= 0.3 is 0 Å². The van der Waals surface area contributed by atoms with E-state index in [1.165, 1.54) is 12.1 Å². The molecule has 1 unspecified atom stereocenters. The molecule has 0 bridgehead atoms. The third-order valence-corrected chi connectivity index (χ3v) is 2.42. The van der Waals surface area contributed by atoms with Crippen LogP contribution in [0.4, 0.5) is 4.39 Å². The Morgan fingerprint density at radius 2 is 2.00 bits per heavy atom. The van der Waals surface area contributed by atoms with Crippen LogP contribution in [0.1, 0.15) is 38.8 Å². The van der Waals surface area contributed by atoms with Gasteiger partial charge in [-0.2, -0.15) is 0 Å². The van der Waals surface area contributed by atoms with Crippen molar-refractivity contribution in [1.29, 1.82) is 0 Å². The van der Waals surface area contributed by atoms with Gasteiger partial charge < -0.3 is 10.5 Å². The van der Waals surface area contributed by atoms with E-state index in [0.717, 1.165) is 12.0 Å². The average molecular weight is 225 g/mol. The average Bonchev–Trinajstić information content (AvgIpc) is 2.15. The van der Waals surface area contributed by atoms with Gasteiger partial charge in [-0.15, -0.1) is 0 Å². The molecule has 0 radical (unpaired) electrons. The summed E-state index contributed by atoms with van der Waals surface area (Å²) >= 11 is 0. The first-order valence-electron chi connectivity index (χ1n) is 5.42. The van der Waals surface area contributed by atoms with Gasteiger partial charge in [-0.1, -0.05) is 20.8 Å². The number of hydrogen-bond donors (Lipinski definition) is 1. The molecule has 0 heterocycles. The van der Waals surface area contributed by atoms with Crippen molar-refractivity contribution in [2.45, 2.75) is 33.2 Å². The van der Waals surface area contributed by atoms with Crippen LogP contribution in [0.3, 0.4) is 0 Å². The van der Waals surface area contributed by atoms with E-state index in [1.807, 2.05) is 0 Å². The third kappa shape index (κ3) is 3.49. The van der Waals surface area contributed by atoms with E-state index < -0.39 is 0 Å². The van der Waals surface area contributed by atoms with Crippen molar-refractivity contribution in [2.24, 2.45) is 11.1 Å². The van der Waals surface area contributed by atoms with Gasteiger partial charge in [0.2, 0.25) is 0 Å². The molecule has 0 spiro atoms. The van der Waals surface area contributed by atoms with Crippen LogP contribution in [-0.4, -0.2) is 7.11 Å². The molecule has 16 heavy (non-hydrogen) atoms. The van der Waals surface area contributed by atoms with E-state index >= 15 is 0 Å². The first-order chi connectivity index (χ1) is 7.33. The molecule has 0 saturated heterocycles. The molecule has 1 aromatic carbocycles. The zero-order valence-corrected chi connectivity index (χ0v) is 10.4. The van der Waals surface area contributed by atoms with E-state index in [9.17, 15) is 4.39 Å². The quantitative estimate of drug-likeness (QED) is 0.856. The molecule has 1 rings (SSSR count). The molecule has 0 aliphatic rings. The molecule has 3 heteroatoms. The molecular weight excluding hydrogens is 205 g/mol. The number of benzene rings is 1. The predicted molar refractivity (Wildman–Crippen MR) is 64.0 cm³/mol. The van der Waals surface area contributed by atoms with Crippen molar-refractivity contribution in [3.8, 4) is 5.75 Å². The van der Waals surface area contributed by atoms with E-state index in [-0.39, 0.29) is 17.3 Å². The Hall–Kier alpha value is -1.09. The van der Waals surface area contributed by atoms with Crippen LogP contribution in [0.25, 0.3) is 0 Å². The zero-order valence-electron chi connectivity index (χ0n) is 10.4. The zero-order chi connectivity index (χ0) is 12.3. The summed E-state index contributed by atoms with van der Waals surface area (Å²) in [5.74, 6) is 0.373. The Morgan fingerprint density at radius 3 is 2.50 bits per heavy atom. The van der Waals surface area contributed by atoms with Crippen molar-refractivity contribution in [2.75, 3.05) is 7.11 Å². The Morgan fingerprint density at radius 1 is 1.38 bits per heavy atom. The van der Waals surface area contributed by atoms with Crippen molar-refractivity contribution < 1.29 is 9.13 Å². The maximum Gasteiger partial charge on any atom is 0.123 e. The summed E-state index contributed by atoms with van der Waals surface area (Å²) in [5.41, 5.74) is 6.92. The number of methoxy groups -OCH3 is 1.